The van der Waals surface area contributed by atoms with Gasteiger partial charge in [-0.25, -0.2) is 0 Å². The highest BCUT2D eigenvalue weighted by Gasteiger charge is 2.65. The van der Waals surface area contributed by atoms with Crippen molar-refractivity contribution in [2.24, 2.45) is 11.1 Å². The van der Waals surface area contributed by atoms with E-state index in [2.05, 4.69) is 6.58 Å². The van der Waals surface area contributed by atoms with E-state index >= 15 is 0 Å². The molecule has 0 aliphatic carbocycles. The van der Waals surface area contributed by atoms with Crippen molar-refractivity contribution in [2.45, 2.75) is 24.9 Å². The zero-order valence-corrected chi connectivity index (χ0v) is 15.9. The van der Waals surface area contributed by atoms with E-state index in [-0.39, 0.29) is 0 Å². The average Bonchev–Trinajstić information content (AvgIpc) is 2.47. The molecule has 0 bridgehead atoms. The lowest BCUT2D eigenvalue weighted by molar-refractivity contribution is -0.234. The van der Waals surface area contributed by atoms with E-state index in [0.717, 1.165) is 13.8 Å². The molecule has 0 rings (SSSR count). The number of nitrogens with two attached hydrogens (primary N) is 1. The van der Waals surface area contributed by atoms with Crippen molar-refractivity contribution in [3.63, 3.8) is 0 Å². The van der Waals surface area contributed by atoms with Crippen molar-refractivity contribution >= 4 is 31.9 Å². The Bertz CT molecular complexity index is 841. The molecule has 0 unspecified atom stereocenters. The van der Waals surface area contributed by atoms with E-state index in [0.29, 0.717) is 0 Å². The van der Waals surface area contributed by atoms with Gasteiger partial charge in [0, 0.05) is 6.54 Å². The van der Waals surface area contributed by atoms with E-state index in [1.54, 1.807) is 5.32 Å². The van der Waals surface area contributed by atoms with Crippen molar-refractivity contribution in [1.29, 1.82) is 0 Å². The summed E-state index contributed by atoms with van der Waals surface area (Å²) in [4.78, 5) is 11.3. The average molecular weight is 464 g/mol. The molecule has 28 heavy (non-hydrogen) atoms. The number of carbonyl (C=O) groups is 1. The first-order valence-corrected chi connectivity index (χ1v) is 9.72. The van der Waals surface area contributed by atoms with Crippen molar-refractivity contribution < 1.29 is 56.5 Å². The number of sulfonamides is 2. The number of halogens is 6. The summed E-state index contributed by atoms with van der Waals surface area (Å²) in [5.41, 5.74) is -11.5. The molecule has 0 saturated carbocycles. The lowest BCUT2D eigenvalue weighted by atomic mass is 9.84. The number of nitrogens with zero attached hydrogens (tertiary/aromatic N) is 1. The van der Waals surface area contributed by atoms with Gasteiger partial charge in [-0.2, -0.15) is 43.2 Å². The van der Waals surface area contributed by atoms with Gasteiger partial charge in [-0.3, -0.25) is 10.1 Å². The minimum absolute atomic E-state index is 0.504. The lowest BCUT2D eigenvalue weighted by Crippen LogP contribution is -2.52. The van der Waals surface area contributed by atoms with Crippen molar-refractivity contribution in [2.75, 3.05) is 13.1 Å². The van der Waals surface area contributed by atoms with Crippen molar-refractivity contribution in [3.05, 3.63) is 12.2 Å². The Morgan fingerprint density at radius 1 is 1.04 bits per heavy atom. The summed E-state index contributed by atoms with van der Waals surface area (Å²) >= 11 is 0. The molecule has 0 saturated heterocycles. The van der Waals surface area contributed by atoms with Crippen LogP contribution in [-0.2, 0) is 24.8 Å². The van der Waals surface area contributed by atoms with Gasteiger partial charge in [-0.1, -0.05) is 6.58 Å². The summed E-state index contributed by atoms with van der Waals surface area (Å²) in [6, 6.07) is 0. The number of hydrogen-bond donors (Lipinski definition) is 3. The Labute approximate surface area is 155 Å². The number of rotatable bonds is 7. The fourth-order valence-corrected chi connectivity index (χ4v) is 4.20. The first-order chi connectivity index (χ1) is 12.2. The van der Waals surface area contributed by atoms with Gasteiger partial charge in [0.05, 0.1) is 17.5 Å². The summed E-state index contributed by atoms with van der Waals surface area (Å²) in [6.07, 6.45) is 0. The third-order valence-electron chi connectivity index (χ3n) is 3.22. The van der Waals surface area contributed by atoms with Gasteiger partial charge in [-0.05, 0) is 17.2 Å². The van der Waals surface area contributed by atoms with Gasteiger partial charge >= 0.3 is 42.9 Å². The van der Waals surface area contributed by atoms with Crippen LogP contribution in [0.4, 0.5) is 26.3 Å². The van der Waals surface area contributed by atoms with Crippen LogP contribution in [0.15, 0.2) is 12.2 Å². The van der Waals surface area contributed by atoms with E-state index in [9.17, 15) is 48.0 Å². The number of aliphatic carboxylic acids is 1. The monoisotopic (exact) mass is 464 g/mol. The Morgan fingerprint density at radius 2 is 1.39 bits per heavy atom. The number of carboxylic acids is 1. The second kappa shape index (κ2) is 7.86. The van der Waals surface area contributed by atoms with E-state index in [1.165, 1.54) is 0 Å². The van der Waals surface area contributed by atoms with Gasteiger partial charge in [0.1, 0.15) is 0 Å². The minimum Gasteiger partial charge on any atom is -0.481 e. The molecule has 4 N–H and O–H groups in total. The molecule has 0 atom stereocenters. The minimum atomic E-state index is -7.21. The maximum atomic E-state index is 12.9. The summed E-state index contributed by atoms with van der Waals surface area (Å²) in [5.74, 6) is -3.70. The van der Waals surface area contributed by atoms with Crippen LogP contribution in [0.1, 0.15) is 13.8 Å². The Hall–Kier alpha value is -1.88. The first-order valence-electron chi connectivity index (χ1n) is 6.84. The summed E-state index contributed by atoms with van der Waals surface area (Å²) in [7, 11) is -14.4. The van der Waals surface area contributed by atoms with Crippen LogP contribution >= 0.6 is 0 Å². The highest BCUT2D eigenvalue weighted by Crippen LogP contribution is 2.34. The molecule has 0 amide bonds. The summed E-state index contributed by atoms with van der Waals surface area (Å²) < 4.78 is 122. The lowest BCUT2D eigenvalue weighted by Gasteiger charge is -2.23. The second-order valence-electron chi connectivity index (χ2n) is 5.57. The molecule has 0 aromatic carbocycles. The quantitative estimate of drug-likeness (QED) is 0.211. The molecule has 164 valence electrons. The molecule has 17 heteroatoms. The zero-order valence-electron chi connectivity index (χ0n) is 14.2. The van der Waals surface area contributed by atoms with Crippen LogP contribution in [0, 0.1) is 5.41 Å². The van der Waals surface area contributed by atoms with Gasteiger partial charge in [0.15, 0.2) is 0 Å². The molecule has 0 aliphatic rings. The molecule has 0 aromatic heterocycles. The zero-order chi connectivity index (χ0) is 22.9. The fourth-order valence-electron chi connectivity index (χ4n) is 1.45. The maximum absolute atomic E-state index is 12.9. The fraction of sp³-hybridized carbons (Fsp3) is 0.636. The topological polar surface area (TPSA) is 147 Å². The number of amidine groups is 1. The normalized spacial score (nSPS) is 13.8. The third kappa shape index (κ3) is 4.75. The maximum Gasteiger partial charge on any atom is 0.538 e. The molecule has 0 aliphatic heterocycles. The van der Waals surface area contributed by atoms with Crippen molar-refractivity contribution in [1.82, 2.24) is 5.32 Å². The molecule has 0 heterocycles. The molecular formula is C11H16F6N3O6S2+. The number of carboxylic acid groups (broad SMARTS) is 1. The molecular weight excluding hydrogens is 448 g/mol. The van der Waals surface area contributed by atoms with Crippen molar-refractivity contribution in [3.8, 4) is 0 Å². The molecule has 0 radical (unpaired) electrons. The predicted molar refractivity (Wildman–Crippen MR) is 82.8 cm³/mol. The van der Waals surface area contributed by atoms with Crippen LogP contribution < -0.4 is 11.1 Å². The molecule has 9 nitrogen and oxygen atoms in total. The van der Waals surface area contributed by atoms with E-state index < -0.39 is 70.3 Å². The highest BCUT2D eigenvalue weighted by atomic mass is 32.3. The van der Waals surface area contributed by atoms with Gasteiger partial charge < -0.3 is 10.8 Å². The number of nitrogens with one attached hydrogen (secondary N) is 1. The van der Waals surface area contributed by atoms with Crippen LogP contribution in [0.25, 0.3) is 0 Å². The molecule has 0 spiro atoms. The third-order valence-corrected chi connectivity index (χ3v) is 6.80. The van der Waals surface area contributed by atoms with Crippen LogP contribution in [-0.4, -0.2) is 61.2 Å². The van der Waals surface area contributed by atoms with E-state index in [4.69, 9.17) is 10.8 Å². The summed E-state index contributed by atoms with van der Waals surface area (Å²) in [6.45, 7) is 3.26. The second-order valence-corrected chi connectivity index (χ2v) is 9.36. The van der Waals surface area contributed by atoms with Crippen LogP contribution in [0.5, 0.6) is 0 Å². The highest BCUT2D eigenvalue weighted by molar-refractivity contribution is 7.98. The standard InChI is InChI=1S/C11H15F6N3O6S2/c1-6(9(2,3)8(21)22)7(19-5-4-18)20(27(23,24)10(12,13)14)28(25,26)11(15,16)17/h1,4-5,18H2,2-3H3,(H,21,22)/p+1. The number of hydrogen-bond acceptors (Lipinski definition) is 6. The van der Waals surface area contributed by atoms with Gasteiger partial charge in [-0.15, -0.1) is 0 Å². The largest absolute Gasteiger partial charge is 0.538 e. The van der Waals surface area contributed by atoms with Gasteiger partial charge in [0.25, 0.3) is 0 Å². The number of alkyl halides is 6. The van der Waals surface area contributed by atoms with Gasteiger partial charge in [0.2, 0.25) is 0 Å². The molecule has 0 fully saturated rings. The Morgan fingerprint density at radius 3 is 1.64 bits per heavy atom. The van der Waals surface area contributed by atoms with Crippen LogP contribution in [0.2, 0.25) is 0 Å². The first kappa shape index (κ1) is 26.1. The Kier molecular flexibility index (Phi) is 7.33. The SMILES string of the molecule is C=C(C(NCCN)=[N+](S(=O)(=O)C(F)(F)F)S(=O)(=O)C(F)(F)F)C(C)(C)C(=O)O. The van der Waals surface area contributed by atoms with Crippen LogP contribution in [0.3, 0.4) is 0 Å². The predicted octanol–water partition coefficient (Wildman–Crippen LogP) is 0.312. The Balaban J connectivity index is 7.55. The molecule has 0 aromatic rings. The van der Waals surface area contributed by atoms with E-state index in [1.807, 2.05) is 0 Å². The summed E-state index contributed by atoms with van der Waals surface area (Å²) in [5, 5.41) is 10.8. The smallest absolute Gasteiger partial charge is 0.481 e.